The summed E-state index contributed by atoms with van der Waals surface area (Å²) in [5.74, 6) is 0.455. The summed E-state index contributed by atoms with van der Waals surface area (Å²) < 4.78 is 0. The van der Waals surface area contributed by atoms with Crippen molar-refractivity contribution in [3.8, 4) is 5.75 Å². The molecule has 0 spiro atoms. The lowest BCUT2D eigenvalue weighted by Crippen LogP contribution is -2.37. The van der Waals surface area contributed by atoms with E-state index in [0.29, 0.717) is 11.8 Å². The van der Waals surface area contributed by atoms with Gasteiger partial charge in [-0.1, -0.05) is 43.0 Å². The van der Waals surface area contributed by atoms with Crippen LogP contribution in [0.4, 0.5) is 0 Å². The molecule has 2 rings (SSSR count). The zero-order valence-corrected chi connectivity index (χ0v) is 13.0. The molecule has 0 saturated carbocycles. The SMILES string of the molecule is C=C/C=C\C(=C/C)CN(C)[C@H]1CCc2c(O)cccc2C1. The van der Waals surface area contributed by atoms with E-state index < -0.39 is 0 Å². The van der Waals surface area contributed by atoms with Gasteiger partial charge < -0.3 is 5.11 Å². The van der Waals surface area contributed by atoms with Crippen molar-refractivity contribution in [3.05, 3.63) is 65.8 Å². The summed E-state index contributed by atoms with van der Waals surface area (Å²) in [5.41, 5.74) is 3.74. The zero-order chi connectivity index (χ0) is 15.2. The molecule has 1 N–H and O–H groups in total. The highest BCUT2D eigenvalue weighted by molar-refractivity contribution is 5.41. The third-order valence-corrected chi connectivity index (χ3v) is 4.30. The van der Waals surface area contributed by atoms with E-state index in [4.69, 9.17) is 0 Å². The van der Waals surface area contributed by atoms with Gasteiger partial charge in [0.1, 0.15) is 5.75 Å². The van der Waals surface area contributed by atoms with Crippen LogP contribution in [0.2, 0.25) is 0 Å². The van der Waals surface area contributed by atoms with Crippen LogP contribution in [0, 0.1) is 0 Å². The summed E-state index contributed by atoms with van der Waals surface area (Å²) in [4.78, 5) is 2.41. The van der Waals surface area contributed by atoms with E-state index in [9.17, 15) is 5.11 Å². The van der Waals surface area contributed by atoms with E-state index in [1.54, 1.807) is 6.07 Å². The van der Waals surface area contributed by atoms with Gasteiger partial charge in [-0.25, -0.2) is 0 Å². The van der Waals surface area contributed by atoms with Gasteiger partial charge in [0.15, 0.2) is 0 Å². The van der Waals surface area contributed by atoms with Crippen molar-refractivity contribution in [2.45, 2.75) is 32.2 Å². The summed E-state index contributed by atoms with van der Waals surface area (Å²) in [6.45, 7) is 6.74. The molecular formula is C19H25NO. The maximum absolute atomic E-state index is 9.92. The molecule has 1 aromatic rings. The highest BCUT2D eigenvalue weighted by Gasteiger charge is 2.23. The molecule has 1 aliphatic rings. The van der Waals surface area contributed by atoms with Gasteiger partial charge in [-0.15, -0.1) is 0 Å². The second-order valence-corrected chi connectivity index (χ2v) is 5.68. The minimum absolute atomic E-state index is 0.455. The largest absolute Gasteiger partial charge is 0.508 e. The molecule has 0 aromatic heterocycles. The van der Waals surface area contributed by atoms with E-state index in [2.05, 4.69) is 43.7 Å². The third-order valence-electron chi connectivity index (χ3n) is 4.30. The first-order valence-electron chi connectivity index (χ1n) is 7.60. The number of likely N-dealkylation sites (N-methyl/N-ethyl adjacent to an activating group) is 1. The van der Waals surface area contributed by atoms with Crippen molar-refractivity contribution in [1.29, 1.82) is 0 Å². The first-order chi connectivity index (χ1) is 10.2. The Bertz CT molecular complexity index is 557. The Morgan fingerprint density at radius 2 is 2.29 bits per heavy atom. The molecule has 2 nitrogen and oxygen atoms in total. The number of phenolic OH excluding ortho intramolecular Hbond substituents is 1. The number of allylic oxidation sites excluding steroid dienone is 3. The number of fused-ring (bicyclic) bond motifs is 1. The molecule has 21 heavy (non-hydrogen) atoms. The topological polar surface area (TPSA) is 23.5 Å². The molecule has 1 atom stereocenters. The lowest BCUT2D eigenvalue weighted by atomic mass is 9.87. The number of phenols is 1. The molecule has 0 saturated heterocycles. The second-order valence-electron chi connectivity index (χ2n) is 5.68. The fourth-order valence-corrected chi connectivity index (χ4v) is 2.99. The van der Waals surface area contributed by atoms with Crippen molar-refractivity contribution in [1.82, 2.24) is 4.90 Å². The van der Waals surface area contributed by atoms with Gasteiger partial charge in [-0.3, -0.25) is 4.90 Å². The van der Waals surface area contributed by atoms with Crippen LogP contribution < -0.4 is 0 Å². The van der Waals surface area contributed by atoms with Crippen molar-refractivity contribution >= 4 is 0 Å². The molecule has 0 aliphatic heterocycles. The van der Waals surface area contributed by atoms with E-state index in [1.807, 2.05) is 18.2 Å². The van der Waals surface area contributed by atoms with E-state index >= 15 is 0 Å². The summed E-state index contributed by atoms with van der Waals surface area (Å²) in [6.07, 6.45) is 11.1. The van der Waals surface area contributed by atoms with Crippen LogP contribution in [0.25, 0.3) is 0 Å². The molecule has 1 aliphatic carbocycles. The lowest BCUT2D eigenvalue weighted by Gasteiger charge is -2.33. The number of aromatic hydroxyl groups is 1. The average molecular weight is 283 g/mol. The highest BCUT2D eigenvalue weighted by atomic mass is 16.3. The second kappa shape index (κ2) is 7.28. The number of hydrogen-bond acceptors (Lipinski definition) is 2. The molecule has 0 amide bonds. The minimum atomic E-state index is 0.455. The van der Waals surface area contributed by atoms with Crippen LogP contribution in [0.15, 0.2) is 54.7 Å². The Morgan fingerprint density at radius 1 is 1.48 bits per heavy atom. The molecular weight excluding hydrogens is 258 g/mol. The van der Waals surface area contributed by atoms with Crippen LogP contribution in [-0.4, -0.2) is 29.6 Å². The number of nitrogens with zero attached hydrogens (tertiary/aromatic N) is 1. The molecule has 0 fully saturated rings. The predicted octanol–water partition coefficient (Wildman–Crippen LogP) is 3.87. The molecule has 0 bridgehead atoms. The van der Waals surface area contributed by atoms with Gasteiger partial charge in [0.25, 0.3) is 0 Å². The van der Waals surface area contributed by atoms with Crippen molar-refractivity contribution in [2.75, 3.05) is 13.6 Å². The van der Waals surface area contributed by atoms with Crippen LogP contribution in [0.3, 0.4) is 0 Å². The maximum Gasteiger partial charge on any atom is 0.119 e. The van der Waals surface area contributed by atoms with Gasteiger partial charge >= 0.3 is 0 Å². The third kappa shape index (κ3) is 3.85. The summed E-state index contributed by atoms with van der Waals surface area (Å²) in [5, 5.41) is 9.92. The molecule has 1 aromatic carbocycles. The fourth-order valence-electron chi connectivity index (χ4n) is 2.99. The zero-order valence-electron chi connectivity index (χ0n) is 13.0. The monoisotopic (exact) mass is 283 g/mol. The highest BCUT2D eigenvalue weighted by Crippen LogP contribution is 2.30. The number of benzene rings is 1. The quantitative estimate of drug-likeness (QED) is 0.829. The molecule has 0 heterocycles. The number of rotatable bonds is 5. The van der Waals surface area contributed by atoms with Gasteiger partial charge in [-0.05, 0) is 56.0 Å². The minimum Gasteiger partial charge on any atom is -0.508 e. The Kier molecular flexibility index (Phi) is 5.40. The molecule has 0 radical (unpaired) electrons. The van der Waals surface area contributed by atoms with Gasteiger partial charge in [-0.2, -0.15) is 0 Å². The van der Waals surface area contributed by atoms with Crippen LogP contribution >= 0.6 is 0 Å². The fraction of sp³-hybridized carbons (Fsp3) is 0.368. The summed E-state index contributed by atoms with van der Waals surface area (Å²) >= 11 is 0. The average Bonchev–Trinajstić information content (AvgIpc) is 2.51. The molecule has 0 unspecified atom stereocenters. The first kappa shape index (κ1) is 15.6. The van der Waals surface area contributed by atoms with Crippen LogP contribution in [0.1, 0.15) is 24.5 Å². The van der Waals surface area contributed by atoms with Gasteiger partial charge in [0.05, 0.1) is 0 Å². The Balaban J connectivity index is 2.03. The molecule has 112 valence electrons. The smallest absolute Gasteiger partial charge is 0.119 e. The lowest BCUT2D eigenvalue weighted by molar-refractivity contribution is 0.239. The van der Waals surface area contributed by atoms with Gasteiger partial charge in [0.2, 0.25) is 0 Å². The maximum atomic E-state index is 9.92. The van der Waals surface area contributed by atoms with Crippen molar-refractivity contribution in [2.24, 2.45) is 0 Å². The predicted molar refractivity (Wildman–Crippen MR) is 89.6 cm³/mol. The standard InChI is InChI=1S/C19H25NO/c1-4-6-8-15(5-2)14-20(3)17-11-12-18-16(13-17)9-7-10-19(18)21/h4-10,17,21H,1,11-14H2,2-3H3/b8-6-,15-5+/t17-/m0/s1. The van der Waals surface area contributed by atoms with E-state index in [1.165, 1.54) is 11.1 Å². The first-order valence-corrected chi connectivity index (χ1v) is 7.60. The summed E-state index contributed by atoms with van der Waals surface area (Å²) in [7, 11) is 2.18. The van der Waals surface area contributed by atoms with Crippen LogP contribution in [-0.2, 0) is 12.8 Å². The Labute approximate surface area is 128 Å². The Hall–Kier alpha value is -1.80. The van der Waals surface area contributed by atoms with Gasteiger partial charge in [0, 0.05) is 12.6 Å². The van der Waals surface area contributed by atoms with E-state index in [0.717, 1.165) is 31.4 Å². The Morgan fingerprint density at radius 3 is 3.00 bits per heavy atom. The summed E-state index contributed by atoms with van der Waals surface area (Å²) in [6, 6.07) is 6.41. The normalized spacial score (nSPS) is 19.0. The number of hydrogen-bond donors (Lipinski definition) is 1. The van der Waals surface area contributed by atoms with E-state index in [-0.39, 0.29) is 0 Å². The van der Waals surface area contributed by atoms with Crippen molar-refractivity contribution < 1.29 is 5.11 Å². The van der Waals surface area contributed by atoms with Crippen LogP contribution in [0.5, 0.6) is 5.75 Å². The molecule has 2 heteroatoms. The van der Waals surface area contributed by atoms with Crippen molar-refractivity contribution in [3.63, 3.8) is 0 Å².